The fourth-order valence-corrected chi connectivity index (χ4v) is 9.01. The first-order chi connectivity index (χ1) is 26.4. The van der Waals surface area contributed by atoms with E-state index < -0.39 is 0 Å². The van der Waals surface area contributed by atoms with E-state index in [0.29, 0.717) is 53.6 Å². The fraction of sp³-hybridized carbons (Fsp3) is 0.415. The minimum Gasteiger partial charge on any atom is -0.496 e. The third kappa shape index (κ3) is 6.50. The molecule has 6 aromatic rings. The molecule has 3 aliphatic rings. The predicted molar refractivity (Wildman–Crippen MR) is 205 cm³/mol. The molecule has 1 atom stereocenters. The highest BCUT2D eigenvalue weighted by molar-refractivity contribution is 6.08. The number of benzene rings is 2. The fourth-order valence-electron chi connectivity index (χ4n) is 9.01. The van der Waals surface area contributed by atoms with Crippen molar-refractivity contribution >= 4 is 51.0 Å². The van der Waals surface area contributed by atoms with E-state index in [1.165, 1.54) is 24.8 Å². The van der Waals surface area contributed by atoms with Gasteiger partial charge in [-0.15, -0.1) is 0 Å². The van der Waals surface area contributed by atoms with Gasteiger partial charge in [-0.3, -0.25) is 24.4 Å². The second kappa shape index (κ2) is 14.3. The maximum absolute atomic E-state index is 13.4. The van der Waals surface area contributed by atoms with Crippen molar-refractivity contribution in [2.75, 3.05) is 32.1 Å². The zero-order chi connectivity index (χ0) is 36.8. The summed E-state index contributed by atoms with van der Waals surface area (Å²) in [4.78, 5) is 44.7. The van der Waals surface area contributed by atoms with Crippen LogP contribution in [-0.2, 0) is 9.59 Å². The molecule has 4 aromatic heterocycles. The van der Waals surface area contributed by atoms with Crippen molar-refractivity contribution in [3.63, 3.8) is 0 Å². The predicted octanol–water partition coefficient (Wildman–Crippen LogP) is 6.27. The second-order valence-electron chi connectivity index (χ2n) is 15.2. The molecule has 278 valence electrons. The summed E-state index contributed by atoms with van der Waals surface area (Å²) in [5.74, 6) is 0.754. The highest BCUT2D eigenvalue weighted by atomic mass is 16.5. The van der Waals surface area contributed by atoms with Crippen LogP contribution in [0.4, 0.5) is 5.82 Å². The summed E-state index contributed by atoms with van der Waals surface area (Å²) in [6.07, 6.45) is 16.5. The van der Waals surface area contributed by atoms with Gasteiger partial charge in [-0.1, -0.05) is 12.1 Å². The Morgan fingerprint density at radius 3 is 2.65 bits per heavy atom. The highest BCUT2D eigenvalue weighted by Gasteiger charge is 2.31. The average Bonchev–Trinajstić information content (AvgIpc) is 3.94. The minimum atomic E-state index is -0.294. The van der Waals surface area contributed by atoms with Gasteiger partial charge in [0.1, 0.15) is 5.75 Å². The number of rotatable bonds is 9. The average molecular weight is 728 g/mol. The van der Waals surface area contributed by atoms with Crippen LogP contribution in [-0.4, -0.2) is 78.3 Å². The lowest BCUT2D eigenvalue weighted by molar-refractivity contribution is -0.134. The topological polar surface area (TPSA) is 141 Å². The molecular weight excluding hydrogens is 683 g/mol. The van der Waals surface area contributed by atoms with Crippen molar-refractivity contribution in [3.8, 4) is 5.75 Å². The molecule has 13 heteroatoms. The molecule has 3 fully saturated rings. The molecule has 6 heterocycles. The van der Waals surface area contributed by atoms with Gasteiger partial charge in [0.05, 0.1) is 36.3 Å². The number of imidazole rings is 1. The summed E-state index contributed by atoms with van der Waals surface area (Å²) in [6, 6.07) is 16.5. The van der Waals surface area contributed by atoms with Crippen LogP contribution in [0.3, 0.4) is 0 Å². The van der Waals surface area contributed by atoms with E-state index in [1.54, 1.807) is 30.1 Å². The Kier molecular flexibility index (Phi) is 9.09. The van der Waals surface area contributed by atoms with Gasteiger partial charge in [-0.2, -0.15) is 14.7 Å². The number of hydrogen-bond donors (Lipinski definition) is 2. The molecule has 2 N–H and O–H groups in total. The van der Waals surface area contributed by atoms with E-state index in [9.17, 15) is 14.4 Å². The van der Waals surface area contributed by atoms with E-state index in [0.717, 1.165) is 67.2 Å². The van der Waals surface area contributed by atoms with Crippen LogP contribution in [0.25, 0.3) is 27.5 Å². The van der Waals surface area contributed by atoms with E-state index in [1.807, 2.05) is 24.3 Å². The van der Waals surface area contributed by atoms with Crippen molar-refractivity contribution in [1.82, 2.24) is 39.2 Å². The van der Waals surface area contributed by atoms with Crippen LogP contribution in [0.1, 0.15) is 91.7 Å². The van der Waals surface area contributed by atoms with E-state index >= 15 is 0 Å². The zero-order valence-corrected chi connectivity index (χ0v) is 30.5. The lowest BCUT2D eigenvalue weighted by Gasteiger charge is -2.35. The number of amides is 3. The molecule has 0 radical (unpaired) electrons. The van der Waals surface area contributed by atoms with Gasteiger partial charge in [0, 0.05) is 66.5 Å². The van der Waals surface area contributed by atoms with Gasteiger partial charge in [-0.25, -0.2) is 4.98 Å². The number of aromatic nitrogens is 6. The van der Waals surface area contributed by atoms with Gasteiger partial charge in [-0.05, 0) is 99.7 Å². The first kappa shape index (κ1) is 34.2. The SMILES string of the molecule is COc1cc2nn(C3CCC(CCN4CCC(n5ccc6c(C7CCC(=O)NC7=O)cccc65)CC4)CC3)cc2cc1C(=O)Nc1cnc2cccnn12. The summed E-state index contributed by atoms with van der Waals surface area (Å²) in [5.41, 5.74) is 4.10. The molecule has 9 rings (SSSR count). The molecule has 1 saturated carbocycles. The van der Waals surface area contributed by atoms with E-state index in [-0.39, 0.29) is 23.6 Å². The van der Waals surface area contributed by atoms with Crippen LogP contribution < -0.4 is 15.4 Å². The first-order valence-electron chi connectivity index (χ1n) is 19.2. The molecule has 2 saturated heterocycles. The summed E-state index contributed by atoms with van der Waals surface area (Å²) in [6.45, 7) is 3.31. The number of hydrogen-bond acceptors (Lipinski definition) is 8. The van der Waals surface area contributed by atoms with Crippen molar-refractivity contribution < 1.29 is 19.1 Å². The quantitative estimate of drug-likeness (QED) is 0.166. The van der Waals surface area contributed by atoms with Crippen LogP contribution in [0, 0.1) is 5.92 Å². The normalized spacial score (nSPS) is 21.5. The maximum Gasteiger partial charge on any atom is 0.260 e. The van der Waals surface area contributed by atoms with Crippen LogP contribution in [0.5, 0.6) is 5.75 Å². The molecular formula is C41H45N9O4. The Morgan fingerprint density at radius 1 is 0.981 bits per heavy atom. The van der Waals surface area contributed by atoms with Crippen LogP contribution >= 0.6 is 0 Å². The van der Waals surface area contributed by atoms with Crippen LogP contribution in [0.2, 0.25) is 0 Å². The number of likely N-dealkylation sites (tertiary alicyclic amines) is 1. The Hall–Kier alpha value is -5.56. The lowest BCUT2D eigenvalue weighted by atomic mass is 9.84. The molecule has 54 heavy (non-hydrogen) atoms. The van der Waals surface area contributed by atoms with E-state index in [4.69, 9.17) is 9.84 Å². The Labute approximate surface area is 312 Å². The number of piperidine rings is 2. The van der Waals surface area contributed by atoms with Crippen molar-refractivity contribution in [2.24, 2.45) is 5.92 Å². The molecule has 3 amide bonds. The van der Waals surface area contributed by atoms with Crippen molar-refractivity contribution in [2.45, 2.75) is 75.8 Å². The lowest BCUT2D eigenvalue weighted by Crippen LogP contribution is -2.39. The van der Waals surface area contributed by atoms with Crippen molar-refractivity contribution in [3.05, 3.63) is 84.4 Å². The molecule has 0 bridgehead atoms. The number of nitrogens with zero attached hydrogens (tertiary/aromatic N) is 7. The standard InChI is InChI=1S/C41H45N9O4/c1-54-36-23-34-27(22-33(36)41(53)44-38-24-42-37-6-3-17-43-50(37)38)25-49(46-34)29-9-7-26(8-10-29)13-18-47-19-14-28(15-20-47)48-21-16-31-30(4-2-5-35(31)48)32-11-12-39(51)45-40(32)52/h2-6,16-17,21-26,28-29,32H,7-15,18-20H2,1H3,(H,44,53)(H,45,51,52). The number of ether oxygens (including phenoxy) is 1. The Balaban J connectivity index is 0.777. The Morgan fingerprint density at radius 2 is 1.83 bits per heavy atom. The van der Waals surface area contributed by atoms with Crippen LogP contribution in [0.15, 0.2) is 73.3 Å². The van der Waals surface area contributed by atoms with Gasteiger partial charge < -0.3 is 19.5 Å². The third-order valence-corrected chi connectivity index (χ3v) is 12.0. The molecule has 2 aromatic carbocycles. The minimum absolute atomic E-state index is 0.177. The number of nitrogens with one attached hydrogen (secondary N) is 2. The number of methoxy groups -OCH3 is 1. The highest BCUT2D eigenvalue weighted by Crippen LogP contribution is 2.37. The van der Waals surface area contributed by atoms with Gasteiger partial charge in [0.15, 0.2) is 11.5 Å². The van der Waals surface area contributed by atoms with Gasteiger partial charge in [0.25, 0.3) is 5.91 Å². The Bertz CT molecular complexity index is 2360. The van der Waals surface area contributed by atoms with Crippen molar-refractivity contribution in [1.29, 1.82) is 0 Å². The molecule has 2 aliphatic heterocycles. The summed E-state index contributed by atoms with van der Waals surface area (Å²) in [7, 11) is 1.57. The third-order valence-electron chi connectivity index (χ3n) is 12.0. The first-order valence-corrected chi connectivity index (χ1v) is 19.2. The smallest absolute Gasteiger partial charge is 0.260 e. The van der Waals surface area contributed by atoms with E-state index in [2.05, 4.69) is 65.5 Å². The summed E-state index contributed by atoms with van der Waals surface area (Å²) >= 11 is 0. The molecule has 1 unspecified atom stereocenters. The number of carbonyl (C=O) groups excluding carboxylic acids is 3. The molecule has 0 spiro atoms. The zero-order valence-electron chi connectivity index (χ0n) is 30.5. The summed E-state index contributed by atoms with van der Waals surface area (Å²) < 4.78 is 11.7. The van der Waals surface area contributed by atoms with Gasteiger partial charge >= 0.3 is 0 Å². The molecule has 13 nitrogen and oxygen atoms in total. The maximum atomic E-state index is 13.4. The second-order valence-corrected chi connectivity index (χ2v) is 15.2. The monoisotopic (exact) mass is 727 g/mol. The van der Waals surface area contributed by atoms with Gasteiger partial charge in [0.2, 0.25) is 11.8 Å². The summed E-state index contributed by atoms with van der Waals surface area (Å²) in [5, 5.41) is 16.7. The number of imide groups is 1. The number of anilines is 1. The number of fused-ring (bicyclic) bond motifs is 3. The largest absolute Gasteiger partial charge is 0.496 e. The molecule has 1 aliphatic carbocycles. The number of carbonyl (C=O) groups is 3.